The van der Waals surface area contributed by atoms with Gasteiger partial charge in [-0.25, -0.2) is 0 Å². The van der Waals surface area contributed by atoms with Gasteiger partial charge in [-0.15, -0.1) is 0 Å². The first-order chi connectivity index (χ1) is 5.88. The lowest BCUT2D eigenvalue weighted by Crippen LogP contribution is -2.34. The molecular formula is C9H16O3. The molecule has 1 rings (SSSR count). The van der Waals surface area contributed by atoms with Crippen LogP contribution in [0.3, 0.4) is 0 Å². The molecule has 0 N–H and O–H groups in total. The summed E-state index contributed by atoms with van der Waals surface area (Å²) >= 11 is 0. The van der Waals surface area contributed by atoms with Crippen LogP contribution in [0.2, 0.25) is 0 Å². The van der Waals surface area contributed by atoms with Crippen LogP contribution in [0.25, 0.3) is 0 Å². The van der Waals surface area contributed by atoms with Gasteiger partial charge in [-0.1, -0.05) is 12.8 Å². The Morgan fingerprint density at radius 2 is 2.00 bits per heavy atom. The normalized spacial score (nSPS) is 30.1. The Labute approximate surface area is 73.0 Å². The summed E-state index contributed by atoms with van der Waals surface area (Å²) in [5, 5.41) is 0. The molecule has 0 heterocycles. The fraction of sp³-hybridized carbons (Fsp3) is 0.889. The summed E-state index contributed by atoms with van der Waals surface area (Å²) < 4.78 is 10.6. The van der Waals surface area contributed by atoms with Crippen LogP contribution in [-0.4, -0.2) is 32.2 Å². The van der Waals surface area contributed by atoms with Crippen LogP contribution in [-0.2, 0) is 14.3 Å². The van der Waals surface area contributed by atoms with E-state index in [4.69, 9.17) is 9.47 Å². The third-order valence-corrected chi connectivity index (χ3v) is 2.32. The number of aldehydes is 1. The molecule has 1 aliphatic carbocycles. The van der Waals surface area contributed by atoms with Crippen molar-refractivity contribution in [2.24, 2.45) is 0 Å². The van der Waals surface area contributed by atoms with E-state index in [2.05, 4.69) is 0 Å². The van der Waals surface area contributed by atoms with Gasteiger partial charge in [-0.2, -0.15) is 0 Å². The summed E-state index contributed by atoms with van der Waals surface area (Å²) in [5.74, 6) is 0. The van der Waals surface area contributed by atoms with Crippen molar-refractivity contribution in [2.45, 2.75) is 37.9 Å². The van der Waals surface area contributed by atoms with Crippen molar-refractivity contribution in [2.75, 3.05) is 13.7 Å². The molecule has 70 valence electrons. The van der Waals surface area contributed by atoms with Gasteiger partial charge in [0.25, 0.3) is 0 Å². The van der Waals surface area contributed by atoms with Crippen LogP contribution < -0.4 is 0 Å². The van der Waals surface area contributed by atoms with Crippen molar-refractivity contribution in [3.05, 3.63) is 0 Å². The van der Waals surface area contributed by atoms with Crippen LogP contribution in [0.4, 0.5) is 0 Å². The lowest BCUT2D eigenvalue weighted by molar-refractivity contribution is -0.120. The highest BCUT2D eigenvalue weighted by Crippen LogP contribution is 2.22. The predicted molar refractivity (Wildman–Crippen MR) is 45.1 cm³/mol. The topological polar surface area (TPSA) is 35.5 Å². The Bertz CT molecular complexity index is 136. The average Bonchev–Trinajstić information content (AvgIpc) is 2.15. The number of carbonyl (C=O) groups is 1. The molecule has 12 heavy (non-hydrogen) atoms. The molecule has 0 aromatic carbocycles. The van der Waals surface area contributed by atoms with E-state index in [1.165, 1.54) is 12.8 Å². The number of ether oxygens (including phenoxy) is 2. The van der Waals surface area contributed by atoms with E-state index >= 15 is 0 Å². The first-order valence-corrected chi connectivity index (χ1v) is 4.46. The molecule has 0 aliphatic heterocycles. The van der Waals surface area contributed by atoms with E-state index in [9.17, 15) is 4.79 Å². The van der Waals surface area contributed by atoms with Crippen molar-refractivity contribution >= 4 is 6.29 Å². The van der Waals surface area contributed by atoms with Crippen molar-refractivity contribution in [3.63, 3.8) is 0 Å². The highest BCUT2D eigenvalue weighted by Gasteiger charge is 2.24. The Hall–Kier alpha value is -0.410. The molecule has 0 aromatic heterocycles. The molecule has 2 atom stereocenters. The van der Waals surface area contributed by atoms with Crippen LogP contribution in [0.15, 0.2) is 0 Å². The first kappa shape index (κ1) is 9.68. The van der Waals surface area contributed by atoms with Crippen molar-refractivity contribution in [1.29, 1.82) is 0 Å². The minimum atomic E-state index is 0.133. The Balaban J connectivity index is 2.30. The maximum absolute atomic E-state index is 10.1. The standard InChI is InChI=1S/C9H16O3/c1-11-8-4-2-3-5-9(8)12-7-6-10/h6,8-9H,2-5,7H2,1H3. The first-order valence-electron chi connectivity index (χ1n) is 4.46. The average molecular weight is 172 g/mol. The third-order valence-electron chi connectivity index (χ3n) is 2.32. The van der Waals surface area contributed by atoms with Gasteiger partial charge in [0.15, 0.2) is 0 Å². The number of carbonyl (C=O) groups excluding carboxylic acids is 1. The molecule has 3 nitrogen and oxygen atoms in total. The van der Waals surface area contributed by atoms with Gasteiger partial charge in [0, 0.05) is 7.11 Å². The minimum Gasteiger partial charge on any atom is -0.379 e. The summed E-state index contributed by atoms with van der Waals surface area (Å²) in [7, 11) is 1.70. The molecular weight excluding hydrogens is 156 g/mol. The van der Waals surface area contributed by atoms with Crippen LogP contribution in [0, 0.1) is 0 Å². The summed E-state index contributed by atoms with van der Waals surface area (Å²) in [6.07, 6.45) is 5.59. The van der Waals surface area contributed by atoms with Crippen molar-refractivity contribution in [3.8, 4) is 0 Å². The van der Waals surface area contributed by atoms with E-state index in [1.54, 1.807) is 7.11 Å². The zero-order valence-electron chi connectivity index (χ0n) is 7.49. The minimum absolute atomic E-state index is 0.133. The van der Waals surface area contributed by atoms with Gasteiger partial charge >= 0.3 is 0 Å². The summed E-state index contributed by atoms with van der Waals surface area (Å²) in [4.78, 5) is 10.1. The highest BCUT2D eigenvalue weighted by molar-refractivity contribution is 5.50. The summed E-state index contributed by atoms with van der Waals surface area (Å²) in [6.45, 7) is 0.199. The van der Waals surface area contributed by atoms with E-state index in [-0.39, 0.29) is 18.8 Å². The molecule has 0 bridgehead atoms. The lowest BCUT2D eigenvalue weighted by Gasteiger charge is -2.29. The molecule has 1 fully saturated rings. The quantitative estimate of drug-likeness (QED) is 0.597. The second kappa shape index (κ2) is 5.27. The van der Waals surface area contributed by atoms with Gasteiger partial charge in [0.2, 0.25) is 0 Å². The molecule has 0 spiro atoms. The van der Waals surface area contributed by atoms with Crippen LogP contribution in [0.1, 0.15) is 25.7 Å². The maximum atomic E-state index is 10.1. The molecule has 0 amide bonds. The number of hydrogen-bond acceptors (Lipinski definition) is 3. The monoisotopic (exact) mass is 172 g/mol. The Morgan fingerprint density at radius 3 is 2.58 bits per heavy atom. The van der Waals surface area contributed by atoms with Gasteiger partial charge in [-0.3, -0.25) is 0 Å². The van der Waals surface area contributed by atoms with E-state index in [1.807, 2.05) is 0 Å². The predicted octanol–water partition coefficient (Wildman–Crippen LogP) is 1.16. The Kier molecular flexibility index (Phi) is 4.25. The van der Waals surface area contributed by atoms with E-state index in [0.29, 0.717) is 0 Å². The maximum Gasteiger partial charge on any atom is 0.145 e. The molecule has 0 aromatic rings. The summed E-state index contributed by atoms with van der Waals surface area (Å²) in [5.41, 5.74) is 0. The smallest absolute Gasteiger partial charge is 0.145 e. The van der Waals surface area contributed by atoms with Crippen LogP contribution >= 0.6 is 0 Å². The second-order valence-electron chi connectivity index (χ2n) is 3.10. The van der Waals surface area contributed by atoms with Crippen LogP contribution in [0.5, 0.6) is 0 Å². The molecule has 0 saturated heterocycles. The lowest BCUT2D eigenvalue weighted by atomic mass is 9.95. The summed E-state index contributed by atoms with van der Waals surface area (Å²) in [6, 6.07) is 0. The van der Waals surface area contributed by atoms with Gasteiger partial charge in [-0.05, 0) is 12.8 Å². The number of rotatable bonds is 4. The Morgan fingerprint density at radius 1 is 1.33 bits per heavy atom. The highest BCUT2D eigenvalue weighted by atomic mass is 16.5. The molecule has 0 radical (unpaired) electrons. The number of hydrogen-bond donors (Lipinski definition) is 0. The van der Waals surface area contributed by atoms with Crippen molar-refractivity contribution in [1.82, 2.24) is 0 Å². The van der Waals surface area contributed by atoms with E-state index < -0.39 is 0 Å². The largest absolute Gasteiger partial charge is 0.379 e. The molecule has 1 saturated carbocycles. The van der Waals surface area contributed by atoms with E-state index in [0.717, 1.165) is 19.1 Å². The number of methoxy groups -OCH3 is 1. The van der Waals surface area contributed by atoms with Gasteiger partial charge < -0.3 is 14.3 Å². The van der Waals surface area contributed by atoms with Crippen molar-refractivity contribution < 1.29 is 14.3 Å². The van der Waals surface area contributed by atoms with Gasteiger partial charge in [0.1, 0.15) is 12.9 Å². The SMILES string of the molecule is COC1CCCCC1OCC=O. The van der Waals surface area contributed by atoms with Gasteiger partial charge in [0.05, 0.1) is 12.2 Å². The fourth-order valence-corrected chi connectivity index (χ4v) is 1.69. The molecule has 2 unspecified atom stereocenters. The fourth-order valence-electron chi connectivity index (χ4n) is 1.69. The second-order valence-corrected chi connectivity index (χ2v) is 3.10. The molecule has 1 aliphatic rings. The zero-order chi connectivity index (χ0) is 8.81. The third kappa shape index (κ3) is 2.57. The molecule has 3 heteroatoms. The zero-order valence-corrected chi connectivity index (χ0v) is 7.49.